The molecule has 2 amide bonds. The first-order valence-electron chi connectivity index (χ1n) is 7.24. The topological polar surface area (TPSA) is 65.5 Å². The molecule has 0 aliphatic carbocycles. The minimum atomic E-state index is -0.355. The smallest absolute Gasteiger partial charge is 0.317 e. The summed E-state index contributed by atoms with van der Waals surface area (Å²) >= 11 is 1.57. The molecule has 2 rings (SSSR count). The van der Waals surface area contributed by atoms with Crippen LogP contribution in [0.1, 0.15) is 44.2 Å². The third kappa shape index (κ3) is 3.70. The maximum Gasteiger partial charge on any atom is 0.317 e. The van der Waals surface area contributed by atoms with Crippen LogP contribution in [0.2, 0.25) is 0 Å². The van der Waals surface area contributed by atoms with Crippen molar-refractivity contribution >= 4 is 17.4 Å². The Labute approximate surface area is 124 Å². The fraction of sp³-hybridized carbons (Fsp3) is 0.714. The van der Waals surface area contributed by atoms with Crippen LogP contribution in [0, 0.1) is 5.92 Å². The van der Waals surface area contributed by atoms with E-state index in [0.29, 0.717) is 6.54 Å². The van der Waals surface area contributed by atoms with Gasteiger partial charge >= 0.3 is 6.03 Å². The molecule has 0 radical (unpaired) electrons. The summed E-state index contributed by atoms with van der Waals surface area (Å²) in [6.45, 7) is 5.25. The van der Waals surface area contributed by atoms with E-state index < -0.39 is 0 Å². The van der Waals surface area contributed by atoms with Crippen LogP contribution in [0.3, 0.4) is 0 Å². The van der Waals surface area contributed by atoms with Gasteiger partial charge in [0.1, 0.15) is 5.01 Å². The van der Waals surface area contributed by atoms with Crippen molar-refractivity contribution in [1.82, 2.24) is 15.2 Å². The molecular weight excluding hydrogens is 274 g/mol. The molecule has 1 aliphatic heterocycles. The average molecular weight is 297 g/mol. The van der Waals surface area contributed by atoms with Crippen molar-refractivity contribution in [1.29, 1.82) is 0 Å². The quantitative estimate of drug-likeness (QED) is 0.897. The lowest BCUT2D eigenvalue weighted by Crippen LogP contribution is -2.48. The highest BCUT2D eigenvalue weighted by atomic mass is 32.1. The molecule has 1 aliphatic rings. The van der Waals surface area contributed by atoms with Crippen molar-refractivity contribution in [2.75, 3.05) is 13.1 Å². The number of nitrogens with zero attached hydrogens (tertiary/aromatic N) is 2. The Balaban J connectivity index is 1.93. The van der Waals surface area contributed by atoms with E-state index in [1.165, 1.54) is 0 Å². The van der Waals surface area contributed by atoms with Crippen LogP contribution in [0.5, 0.6) is 0 Å². The maximum atomic E-state index is 12.3. The number of urea groups is 1. The van der Waals surface area contributed by atoms with Crippen molar-refractivity contribution in [3.05, 3.63) is 16.6 Å². The SMILES string of the molecule is CCC(NC(=O)N1CCCC(C(C)O)C1)c1nccs1. The molecule has 5 nitrogen and oxygen atoms in total. The zero-order valence-electron chi connectivity index (χ0n) is 12.1. The number of likely N-dealkylation sites (tertiary alicyclic amines) is 1. The predicted octanol–water partition coefficient (Wildman–Crippen LogP) is 2.40. The van der Waals surface area contributed by atoms with Crippen molar-refractivity contribution < 1.29 is 9.90 Å². The lowest BCUT2D eigenvalue weighted by molar-refractivity contribution is 0.0732. The number of carbonyl (C=O) groups excluding carboxylic acids is 1. The molecule has 1 aromatic rings. The second-order valence-corrected chi connectivity index (χ2v) is 6.30. The number of thiazole rings is 1. The van der Waals surface area contributed by atoms with E-state index in [4.69, 9.17) is 0 Å². The monoisotopic (exact) mass is 297 g/mol. The summed E-state index contributed by atoms with van der Waals surface area (Å²) in [5.74, 6) is 0.189. The average Bonchev–Trinajstić information content (AvgIpc) is 2.98. The van der Waals surface area contributed by atoms with Crippen LogP contribution in [-0.4, -0.2) is 40.2 Å². The molecule has 2 heterocycles. The molecular formula is C14H23N3O2S. The van der Waals surface area contributed by atoms with E-state index in [0.717, 1.165) is 30.8 Å². The van der Waals surface area contributed by atoms with Crippen LogP contribution in [-0.2, 0) is 0 Å². The third-order valence-corrected chi connectivity index (χ3v) is 4.77. The number of piperidine rings is 1. The second kappa shape index (κ2) is 7.04. The van der Waals surface area contributed by atoms with Gasteiger partial charge < -0.3 is 15.3 Å². The first kappa shape index (κ1) is 15.3. The van der Waals surface area contributed by atoms with Crippen LogP contribution in [0.15, 0.2) is 11.6 Å². The van der Waals surface area contributed by atoms with Crippen molar-refractivity contribution in [3.8, 4) is 0 Å². The minimum absolute atomic E-state index is 0.0190. The number of aliphatic hydroxyl groups excluding tert-OH is 1. The highest BCUT2D eigenvalue weighted by molar-refractivity contribution is 7.09. The molecule has 0 aromatic carbocycles. The number of hydrogen-bond acceptors (Lipinski definition) is 4. The molecule has 1 fully saturated rings. The van der Waals surface area contributed by atoms with E-state index in [9.17, 15) is 9.90 Å². The highest BCUT2D eigenvalue weighted by Crippen LogP contribution is 2.22. The molecule has 3 unspecified atom stereocenters. The summed E-state index contributed by atoms with van der Waals surface area (Å²) in [6.07, 6.45) is 4.18. The fourth-order valence-electron chi connectivity index (χ4n) is 2.57. The van der Waals surface area contributed by atoms with Gasteiger partial charge in [-0.25, -0.2) is 9.78 Å². The Bertz CT molecular complexity index is 422. The molecule has 112 valence electrons. The number of carbonyl (C=O) groups is 1. The van der Waals surface area contributed by atoms with Gasteiger partial charge in [0.05, 0.1) is 12.1 Å². The Morgan fingerprint density at radius 3 is 3.10 bits per heavy atom. The number of nitrogens with one attached hydrogen (secondary N) is 1. The summed E-state index contributed by atoms with van der Waals surface area (Å²) in [7, 11) is 0. The van der Waals surface area contributed by atoms with Gasteiger partial charge in [-0.1, -0.05) is 6.92 Å². The number of rotatable bonds is 4. The van der Waals surface area contributed by atoms with Crippen LogP contribution >= 0.6 is 11.3 Å². The third-order valence-electron chi connectivity index (χ3n) is 3.88. The summed E-state index contributed by atoms with van der Waals surface area (Å²) in [5.41, 5.74) is 0. The van der Waals surface area contributed by atoms with E-state index in [1.54, 1.807) is 24.5 Å². The molecule has 0 bridgehead atoms. The second-order valence-electron chi connectivity index (χ2n) is 5.37. The lowest BCUT2D eigenvalue weighted by Gasteiger charge is -2.34. The van der Waals surface area contributed by atoms with Crippen LogP contribution < -0.4 is 5.32 Å². The number of hydrogen-bond donors (Lipinski definition) is 2. The normalized spacial score (nSPS) is 22.4. The van der Waals surface area contributed by atoms with Crippen molar-refractivity contribution in [2.24, 2.45) is 5.92 Å². The largest absolute Gasteiger partial charge is 0.393 e. The van der Waals surface area contributed by atoms with Gasteiger partial charge in [-0.05, 0) is 26.2 Å². The van der Waals surface area contributed by atoms with Crippen molar-refractivity contribution in [2.45, 2.75) is 45.3 Å². The Hall–Kier alpha value is -1.14. The van der Waals surface area contributed by atoms with E-state index in [-0.39, 0.29) is 24.1 Å². The zero-order valence-corrected chi connectivity index (χ0v) is 12.9. The fourth-order valence-corrected chi connectivity index (χ4v) is 3.35. The standard InChI is InChI=1S/C14H23N3O2S/c1-3-12(13-15-6-8-20-13)16-14(19)17-7-4-5-11(9-17)10(2)18/h6,8,10-12,18H,3-5,7,9H2,1-2H3,(H,16,19). The number of amides is 2. The maximum absolute atomic E-state index is 12.3. The molecule has 1 aromatic heterocycles. The summed E-state index contributed by atoms with van der Waals surface area (Å²) < 4.78 is 0. The summed E-state index contributed by atoms with van der Waals surface area (Å²) in [5, 5.41) is 15.6. The van der Waals surface area contributed by atoms with E-state index in [1.807, 2.05) is 17.2 Å². The molecule has 2 N–H and O–H groups in total. The summed E-state index contributed by atoms with van der Waals surface area (Å²) in [6, 6.07) is -0.0631. The van der Waals surface area contributed by atoms with Gasteiger partial charge in [0, 0.05) is 30.6 Å². The van der Waals surface area contributed by atoms with Crippen LogP contribution in [0.4, 0.5) is 4.79 Å². The van der Waals surface area contributed by atoms with E-state index >= 15 is 0 Å². The minimum Gasteiger partial charge on any atom is -0.393 e. The molecule has 6 heteroatoms. The zero-order chi connectivity index (χ0) is 14.5. The Morgan fingerprint density at radius 1 is 1.70 bits per heavy atom. The van der Waals surface area contributed by atoms with Crippen LogP contribution in [0.25, 0.3) is 0 Å². The first-order valence-corrected chi connectivity index (χ1v) is 8.12. The number of aliphatic hydroxyl groups is 1. The molecule has 0 spiro atoms. The van der Waals surface area contributed by atoms with Gasteiger partial charge in [0.15, 0.2) is 0 Å². The highest BCUT2D eigenvalue weighted by Gasteiger charge is 2.27. The van der Waals surface area contributed by atoms with Gasteiger partial charge in [-0.15, -0.1) is 11.3 Å². The Morgan fingerprint density at radius 2 is 2.50 bits per heavy atom. The molecule has 0 saturated carbocycles. The molecule has 3 atom stereocenters. The molecule has 1 saturated heterocycles. The lowest BCUT2D eigenvalue weighted by atomic mass is 9.94. The van der Waals surface area contributed by atoms with Gasteiger partial charge in [-0.2, -0.15) is 0 Å². The molecule has 20 heavy (non-hydrogen) atoms. The van der Waals surface area contributed by atoms with Gasteiger partial charge in [0.25, 0.3) is 0 Å². The van der Waals surface area contributed by atoms with Crippen molar-refractivity contribution in [3.63, 3.8) is 0 Å². The first-order chi connectivity index (χ1) is 9.61. The number of aromatic nitrogens is 1. The summed E-state index contributed by atoms with van der Waals surface area (Å²) in [4.78, 5) is 18.4. The Kier molecular flexibility index (Phi) is 5.37. The van der Waals surface area contributed by atoms with Gasteiger partial charge in [0.2, 0.25) is 0 Å². The van der Waals surface area contributed by atoms with E-state index in [2.05, 4.69) is 10.3 Å². The van der Waals surface area contributed by atoms with Gasteiger partial charge in [-0.3, -0.25) is 0 Å². The predicted molar refractivity (Wildman–Crippen MR) is 79.7 cm³/mol.